The monoisotopic (exact) mass is 543 g/mol. The molecule has 0 bridgehead atoms. The molecule has 6 nitrogen and oxygen atoms in total. The van der Waals surface area contributed by atoms with E-state index >= 15 is 0 Å². The molecule has 0 spiro atoms. The van der Waals surface area contributed by atoms with Gasteiger partial charge in [0.1, 0.15) is 0 Å². The van der Waals surface area contributed by atoms with Crippen LogP contribution >= 0.6 is 24.0 Å². The molecule has 2 atom stereocenters. The van der Waals surface area contributed by atoms with Crippen LogP contribution in [0.4, 0.5) is 0 Å². The van der Waals surface area contributed by atoms with Gasteiger partial charge in [0, 0.05) is 52.4 Å². The van der Waals surface area contributed by atoms with E-state index in [2.05, 4.69) is 42.4 Å². The molecule has 31 heavy (non-hydrogen) atoms. The summed E-state index contributed by atoms with van der Waals surface area (Å²) in [6.07, 6.45) is 3.29. The van der Waals surface area contributed by atoms with Gasteiger partial charge >= 0.3 is 0 Å². The molecule has 1 aliphatic heterocycles. The van der Waals surface area contributed by atoms with Gasteiger partial charge < -0.3 is 20.4 Å². The molecule has 0 aromatic heterocycles. The lowest BCUT2D eigenvalue weighted by molar-refractivity contribution is 0.0827. The number of aliphatic imine (C=N–C) groups is 1. The second-order valence-electron chi connectivity index (χ2n) is 8.90. The van der Waals surface area contributed by atoms with E-state index in [9.17, 15) is 4.79 Å². The molecule has 1 aromatic carbocycles. The lowest BCUT2D eigenvalue weighted by atomic mass is 9.92. The van der Waals surface area contributed by atoms with Crippen LogP contribution in [0.25, 0.3) is 0 Å². The van der Waals surface area contributed by atoms with Gasteiger partial charge in [0.25, 0.3) is 5.91 Å². The minimum atomic E-state index is 0. The van der Waals surface area contributed by atoms with Crippen molar-refractivity contribution in [2.24, 2.45) is 16.8 Å². The fourth-order valence-electron chi connectivity index (χ4n) is 4.24. The number of nitrogens with one attached hydrogen (secondary N) is 2. The Morgan fingerprint density at radius 1 is 1.19 bits per heavy atom. The second kappa shape index (κ2) is 14.7. The van der Waals surface area contributed by atoms with Crippen molar-refractivity contribution >= 4 is 35.8 Å². The lowest BCUT2D eigenvalue weighted by Crippen LogP contribution is -2.40. The van der Waals surface area contributed by atoms with E-state index in [1.54, 1.807) is 19.0 Å². The number of guanidine groups is 1. The highest BCUT2D eigenvalue weighted by Crippen LogP contribution is 2.20. The van der Waals surface area contributed by atoms with Crippen LogP contribution in [0, 0.1) is 11.8 Å². The van der Waals surface area contributed by atoms with Crippen LogP contribution in [0.2, 0.25) is 0 Å². The molecule has 2 N–H and O–H groups in total. The number of hydrogen-bond donors (Lipinski definition) is 2. The maximum atomic E-state index is 12.1. The Kier molecular flexibility index (Phi) is 13.1. The summed E-state index contributed by atoms with van der Waals surface area (Å²) in [5.41, 5.74) is 1.89. The molecule has 1 heterocycles. The van der Waals surface area contributed by atoms with Crippen molar-refractivity contribution in [3.63, 3.8) is 0 Å². The first-order valence-electron chi connectivity index (χ1n) is 11.4. The molecule has 0 saturated carbocycles. The van der Waals surface area contributed by atoms with Crippen LogP contribution in [0.5, 0.6) is 0 Å². The van der Waals surface area contributed by atoms with Crippen molar-refractivity contribution in [1.29, 1.82) is 0 Å². The van der Waals surface area contributed by atoms with Gasteiger partial charge in [-0.1, -0.05) is 26.0 Å². The highest BCUT2D eigenvalue weighted by atomic mass is 127. The van der Waals surface area contributed by atoms with Crippen molar-refractivity contribution in [3.05, 3.63) is 35.4 Å². The number of halogens is 1. The highest BCUT2D eigenvalue weighted by Gasteiger charge is 2.20. The van der Waals surface area contributed by atoms with Crippen LogP contribution < -0.4 is 10.6 Å². The number of carbonyl (C=O) groups is 1. The third-order valence-electron chi connectivity index (χ3n) is 5.48. The summed E-state index contributed by atoms with van der Waals surface area (Å²) in [5, 5.41) is 6.75. The van der Waals surface area contributed by atoms with Crippen molar-refractivity contribution in [2.45, 2.75) is 40.0 Å². The Bertz CT molecular complexity index is 684. The van der Waals surface area contributed by atoms with Crippen molar-refractivity contribution in [1.82, 2.24) is 20.4 Å². The van der Waals surface area contributed by atoms with Gasteiger partial charge in [0.05, 0.1) is 0 Å². The summed E-state index contributed by atoms with van der Waals surface area (Å²) < 4.78 is 0. The maximum Gasteiger partial charge on any atom is 0.253 e. The van der Waals surface area contributed by atoms with Crippen LogP contribution in [-0.2, 0) is 6.42 Å². The number of hydrogen-bond acceptors (Lipinski definition) is 3. The molecule has 1 amide bonds. The average molecular weight is 544 g/mol. The first-order chi connectivity index (χ1) is 14.4. The van der Waals surface area contributed by atoms with Crippen LogP contribution in [0.15, 0.2) is 29.3 Å². The first-order valence-corrected chi connectivity index (χ1v) is 11.4. The number of likely N-dealkylation sites (tertiary alicyclic amines) is 1. The Balaban J connectivity index is 0.00000480. The Morgan fingerprint density at radius 2 is 1.90 bits per heavy atom. The fraction of sp³-hybridized carbons (Fsp3) is 0.667. The van der Waals surface area contributed by atoms with Gasteiger partial charge in [0.2, 0.25) is 0 Å². The summed E-state index contributed by atoms with van der Waals surface area (Å²) in [5.74, 6) is 2.53. The maximum absolute atomic E-state index is 12.1. The van der Waals surface area contributed by atoms with Gasteiger partial charge in [-0.15, -0.1) is 24.0 Å². The van der Waals surface area contributed by atoms with Gasteiger partial charge in [-0.25, -0.2) is 0 Å². The van der Waals surface area contributed by atoms with Gasteiger partial charge in [-0.2, -0.15) is 0 Å². The zero-order valence-corrected chi connectivity index (χ0v) is 22.3. The second-order valence-corrected chi connectivity index (χ2v) is 8.90. The minimum absolute atomic E-state index is 0. The quantitative estimate of drug-likeness (QED) is 0.217. The molecule has 0 aliphatic carbocycles. The van der Waals surface area contributed by atoms with Crippen molar-refractivity contribution < 1.29 is 4.79 Å². The van der Waals surface area contributed by atoms with E-state index in [-0.39, 0.29) is 29.9 Å². The third kappa shape index (κ3) is 10.2. The van der Waals surface area contributed by atoms with Gasteiger partial charge in [0.15, 0.2) is 5.96 Å². The largest absolute Gasteiger partial charge is 0.357 e. The van der Waals surface area contributed by atoms with Crippen LogP contribution in [0.3, 0.4) is 0 Å². The molecule has 1 aromatic rings. The van der Waals surface area contributed by atoms with E-state index in [0.29, 0.717) is 0 Å². The predicted octanol–water partition coefficient (Wildman–Crippen LogP) is 3.47. The molecule has 7 heteroatoms. The van der Waals surface area contributed by atoms with Gasteiger partial charge in [-0.3, -0.25) is 9.79 Å². The van der Waals surface area contributed by atoms with E-state index < -0.39 is 0 Å². The molecule has 176 valence electrons. The number of nitrogens with zero attached hydrogens (tertiary/aromatic N) is 3. The van der Waals surface area contributed by atoms with E-state index in [4.69, 9.17) is 4.99 Å². The zero-order chi connectivity index (χ0) is 21.9. The number of carbonyl (C=O) groups excluding carboxylic acids is 1. The third-order valence-corrected chi connectivity index (χ3v) is 5.48. The van der Waals surface area contributed by atoms with Crippen LogP contribution in [-0.4, -0.2) is 75.0 Å². The number of benzene rings is 1. The molecule has 1 saturated heterocycles. The normalized spacial score (nSPS) is 19.5. The number of rotatable bonds is 9. The SMILES string of the molecule is CCNC(=NCCCN1CC(C)CC(C)C1)NCCc1cccc(C(=O)N(C)C)c1.I. The van der Waals surface area contributed by atoms with Crippen molar-refractivity contribution in [3.8, 4) is 0 Å². The Labute approximate surface area is 206 Å². The molecule has 0 radical (unpaired) electrons. The molecule has 1 fully saturated rings. The molecule has 2 unspecified atom stereocenters. The zero-order valence-electron chi connectivity index (χ0n) is 20.0. The molecule has 1 aliphatic rings. The van der Waals surface area contributed by atoms with E-state index in [0.717, 1.165) is 67.9 Å². The standard InChI is InChI=1S/C24H41N5O.HI/c1-6-25-24(26-12-8-14-29-17-19(2)15-20(3)18-29)27-13-11-21-9-7-10-22(16-21)23(30)28(4)5;/h7,9-10,16,19-20H,6,8,11-15,17-18H2,1-5H3,(H2,25,26,27);1H. The summed E-state index contributed by atoms with van der Waals surface area (Å²) in [6, 6.07) is 7.87. The minimum Gasteiger partial charge on any atom is -0.357 e. The molecular weight excluding hydrogens is 501 g/mol. The summed E-state index contributed by atoms with van der Waals surface area (Å²) in [7, 11) is 3.56. The summed E-state index contributed by atoms with van der Waals surface area (Å²) >= 11 is 0. The topological polar surface area (TPSA) is 60.0 Å². The number of piperidine rings is 1. The highest BCUT2D eigenvalue weighted by molar-refractivity contribution is 14.0. The molecular formula is C24H42IN5O. The van der Waals surface area contributed by atoms with Crippen molar-refractivity contribution in [2.75, 3.05) is 53.4 Å². The predicted molar refractivity (Wildman–Crippen MR) is 142 cm³/mol. The fourth-order valence-corrected chi connectivity index (χ4v) is 4.24. The summed E-state index contributed by atoms with van der Waals surface area (Å²) in [4.78, 5) is 21.1. The molecule has 2 rings (SSSR count). The van der Waals surface area contributed by atoms with E-state index in [1.165, 1.54) is 19.5 Å². The van der Waals surface area contributed by atoms with Crippen LogP contribution in [0.1, 0.15) is 49.5 Å². The van der Waals surface area contributed by atoms with Gasteiger partial charge in [-0.05, 0) is 62.3 Å². The number of amides is 1. The smallest absolute Gasteiger partial charge is 0.253 e. The summed E-state index contributed by atoms with van der Waals surface area (Å²) in [6.45, 7) is 12.9. The van der Waals surface area contributed by atoms with E-state index in [1.807, 2.05) is 18.2 Å². The Hall–Kier alpha value is -1.35. The Morgan fingerprint density at radius 3 is 2.55 bits per heavy atom. The first kappa shape index (κ1) is 27.7. The average Bonchev–Trinajstić information content (AvgIpc) is 2.70. The lowest BCUT2D eigenvalue weighted by Gasteiger charge is -2.34.